The maximum absolute atomic E-state index is 13.8. The first-order chi connectivity index (χ1) is 6.40. The Hall–Kier alpha value is -0.600. The predicted octanol–water partition coefficient (Wildman–Crippen LogP) is 3.02. The van der Waals surface area contributed by atoms with Crippen LogP contribution < -0.4 is 5.73 Å². The Morgan fingerprint density at radius 2 is 2.00 bits per heavy atom. The summed E-state index contributed by atoms with van der Waals surface area (Å²) in [5.74, 6) is -0.243. The van der Waals surface area contributed by atoms with Crippen LogP contribution in [0, 0.1) is 12.7 Å². The molecule has 78 valence electrons. The zero-order chi connectivity index (χ0) is 10.9. The molecule has 1 aromatic carbocycles. The highest BCUT2D eigenvalue weighted by Gasteiger charge is 2.23. The molecule has 0 atom stereocenters. The average molecular weight is 216 g/mol. The van der Waals surface area contributed by atoms with E-state index in [0.29, 0.717) is 22.7 Å². The standard InChI is InChI=1S/C11H15ClFN/c1-7-9(12)5-4-8(10(7)13)11(2,3)6-14/h4-5H,6,14H2,1-3H3. The van der Waals surface area contributed by atoms with Crippen LogP contribution in [0.4, 0.5) is 4.39 Å². The summed E-state index contributed by atoms with van der Waals surface area (Å²) >= 11 is 5.81. The van der Waals surface area contributed by atoms with Gasteiger partial charge in [0.15, 0.2) is 0 Å². The van der Waals surface area contributed by atoms with Crippen molar-refractivity contribution < 1.29 is 4.39 Å². The van der Waals surface area contributed by atoms with E-state index in [4.69, 9.17) is 17.3 Å². The maximum atomic E-state index is 13.8. The van der Waals surface area contributed by atoms with Gasteiger partial charge < -0.3 is 5.73 Å². The largest absolute Gasteiger partial charge is 0.330 e. The van der Waals surface area contributed by atoms with E-state index >= 15 is 0 Å². The molecule has 0 radical (unpaired) electrons. The van der Waals surface area contributed by atoms with Gasteiger partial charge in [0.2, 0.25) is 0 Å². The number of rotatable bonds is 2. The molecule has 2 N–H and O–H groups in total. The summed E-state index contributed by atoms with van der Waals surface area (Å²) in [6.07, 6.45) is 0. The average Bonchev–Trinajstić information content (AvgIpc) is 2.14. The van der Waals surface area contributed by atoms with Crippen LogP contribution in [0.2, 0.25) is 5.02 Å². The molecule has 0 aliphatic carbocycles. The van der Waals surface area contributed by atoms with Crippen LogP contribution in [-0.2, 0) is 5.41 Å². The highest BCUT2D eigenvalue weighted by molar-refractivity contribution is 6.31. The van der Waals surface area contributed by atoms with Crippen molar-refractivity contribution in [3.63, 3.8) is 0 Å². The quantitative estimate of drug-likeness (QED) is 0.807. The van der Waals surface area contributed by atoms with E-state index < -0.39 is 0 Å². The Morgan fingerprint density at radius 3 is 2.50 bits per heavy atom. The lowest BCUT2D eigenvalue weighted by Crippen LogP contribution is -2.29. The molecule has 3 heteroatoms. The summed E-state index contributed by atoms with van der Waals surface area (Å²) < 4.78 is 13.8. The van der Waals surface area contributed by atoms with Gasteiger partial charge in [-0.3, -0.25) is 0 Å². The molecule has 0 unspecified atom stereocenters. The lowest BCUT2D eigenvalue weighted by Gasteiger charge is -2.24. The minimum Gasteiger partial charge on any atom is -0.330 e. The molecule has 0 saturated heterocycles. The second kappa shape index (κ2) is 3.87. The Labute approximate surface area is 89.1 Å². The third kappa shape index (κ3) is 1.91. The number of halogens is 2. The normalized spacial score (nSPS) is 11.9. The summed E-state index contributed by atoms with van der Waals surface area (Å²) in [6.45, 7) is 5.91. The zero-order valence-electron chi connectivity index (χ0n) is 8.70. The summed E-state index contributed by atoms with van der Waals surface area (Å²) in [5, 5.41) is 0.457. The van der Waals surface area contributed by atoms with Crippen molar-refractivity contribution in [2.75, 3.05) is 6.54 Å². The van der Waals surface area contributed by atoms with Crippen LogP contribution in [0.25, 0.3) is 0 Å². The molecular weight excluding hydrogens is 201 g/mol. The van der Waals surface area contributed by atoms with Gasteiger partial charge in [0.25, 0.3) is 0 Å². The van der Waals surface area contributed by atoms with Gasteiger partial charge in [0, 0.05) is 22.5 Å². The van der Waals surface area contributed by atoms with E-state index in [2.05, 4.69) is 0 Å². The smallest absolute Gasteiger partial charge is 0.131 e. The first-order valence-corrected chi connectivity index (χ1v) is 4.93. The molecule has 0 bridgehead atoms. The van der Waals surface area contributed by atoms with E-state index in [0.717, 1.165) is 0 Å². The Morgan fingerprint density at radius 1 is 1.43 bits per heavy atom. The molecule has 1 rings (SSSR count). The summed E-state index contributed by atoms with van der Waals surface area (Å²) in [5.41, 5.74) is 6.37. The molecule has 0 aromatic heterocycles. The lowest BCUT2D eigenvalue weighted by molar-refractivity contribution is 0.490. The first kappa shape index (κ1) is 11.5. The van der Waals surface area contributed by atoms with Crippen LogP contribution in [-0.4, -0.2) is 6.54 Å². The van der Waals surface area contributed by atoms with Crippen molar-refractivity contribution in [1.82, 2.24) is 0 Å². The fourth-order valence-electron chi connectivity index (χ4n) is 1.29. The molecule has 1 nitrogen and oxygen atoms in total. The second-order valence-electron chi connectivity index (χ2n) is 4.12. The topological polar surface area (TPSA) is 26.0 Å². The molecule has 1 aromatic rings. The van der Waals surface area contributed by atoms with Gasteiger partial charge in [-0.15, -0.1) is 0 Å². The highest BCUT2D eigenvalue weighted by atomic mass is 35.5. The van der Waals surface area contributed by atoms with Crippen molar-refractivity contribution in [1.29, 1.82) is 0 Å². The van der Waals surface area contributed by atoms with Crippen molar-refractivity contribution in [3.05, 3.63) is 34.1 Å². The fraction of sp³-hybridized carbons (Fsp3) is 0.455. The number of nitrogens with two attached hydrogens (primary N) is 1. The SMILES string of the molecule is Cc1c(Cl)ccc(C(C)(C)CN)c1F. The number of benzene rings is 1. The van der Waals surface area contributed by atoms with Crippen molar-refractivity contribution in [2.45, 2.75) is 26.2 Å². The van der Waals surface area contributed by atoms with Crippen LogP contribution in [0.3, 0.4) is 0 Å². The van der Waals surface area contributed by atoms with E-state index in [1.165, 1.54) is 0 Å². The summed E-state index contributed by atoms with van der Waals surface area (Å²) in [6, 6.07) is 3.42. The van der Waals surface area contributed by atoms with Gasteiger partial charge in [0.1, 0.15) is 5.82 Å². The Bertz CT molecular complexity index is 347. The van der Waals surface area contributed by atoms with Crippen LogP contribution in [0.1, 0.15) is 25.0 Å². The van der Waals surface area contributed by atoms with Crippen molar-refractivity contribution >= 4 is 11.6 Å². The molecule has 0 amide bonds. The Balaban J connectivity index is 3.31. The van der Waals surface area contributed by atoms with Gasteiger partial charge >= 0.3 is 0 Å². The van der Waals surface area contributed by atoms with E-state index in [9.17, 15) is 4.39 Å². The number of hydrogen-bond acceptors (Lipinski definition) is 1. The van der Waals surface area contributed by atoms with Gasteiger partial charge in [-0.2, -0.15) is 0 Å². The van der Waals surface area contributed by atoms with Gasteiger partial charge in [0.05, 0.1) is 0 Å². The molecule has 0 saturated carbocycles. The first-order valence-electron chi connectivity index (χ1n) is 4.55. The van der Waals surface area contributed by atoms with Gasteiger partial charge in [-0.1, -0.05) is 31.5 Å². The third-order valence-corrected chi connectivity index (χ3v) is 2.97. The minimum absolute atomic E-state index is 0.243. The fourth-order valence-corrected chi connectivity index (χ4v) is 1.44. The van der Waals surface area contributed by atoms with E-state index in [-0.39, 0.29) is 11.2 Å². The van der Waals surface area contributed by atoms with Crippen molar-refractivity contribution in [2.24, 2.45) is 5.73 Å². The zero-order valence-corrected chi connectivity index (χ0v) is 9.45. The molecule has 0 aliphatic rings. The second-order valence-corrected chi connectivity index (χ2v) is 4.53. The minimum atomic E-state index is -0.348. The van der Waals surface area contributed by atoms with Crippen LogP contribution in [0.5, 0.6) is 0 Å². The van der Waals surface area contributed by atoms with Crippen molar-refractivity contribution in [3.8, 4) is 0 Å². The van der Waals surface area contributed by atoms with E-state index in [1.807, 2.05) is 13.8 Å². The highest BCUT2D eigenvalue weighted by Crippen LogP contribution is 2.29. The molecule has 0 aliphatic heterocycles. The van der Waals surface area contributed by atoms with Gasteiger partial charge in [-0.05, 0) is 18.6 Å². The van der Waals surface area contributed by atoms with Crippen LogP contribution >= 0.6 is 11.6 Å². The number of hydrogen-bond donors (Lipinski definition) is 1. The maximum Gasteiger partial charge on any atom is 0.131 e. The molecule has 0 heterocycles. The summed E-state index contributed by atoms with van der Waals surface area (Å²) in [7, 11) is 0. The van der Waals surface area contributed by atoms with Crippen LogP contribution in [0.15, 0.2) is 12.1 Å². The molecule has 0 spiro atoms. The predicted molar refractivity (Wildman–Crippen MR) is 58.2 cm³/mol. The molecule has 0 fully saturated rings. The lowest BCUT2D eigenvalue weighted by atomic mass is 9.83. The monoisotopic (exact) mass is 215 g/mol. The Kier molecular flexibility index (Phi) is 3.17. The van der Waals surface area contributed by atoms with Gasteiger partial charge in [-0.25, -0.2) is 4.39 Å². The van der Waals surface area contributed by atoms with E-state index in [1.54, 1.807) is 19.1 Å². The third-order valence-electron chi connectivity index (χ3n) is 2.56. The molecule has 14 heavy (non-hydrogen) atoms. The molecular formula is C11H15ClFN. The summed E-state index contributed by atoms with van der Waals surface area (Å²) in [4.78, 5) is 0.